The second kappa shape index (κ2) is 7.70. The molecule has 3 rings (SSSR count). The summed E-state index contributed by atoms with van der Waals surface area (Å²) in [5.74, 6) is 0.0987. The van der Waals surface area contributed by atoms with Gasteiger partial charge in [0, 0.05) is 15.8 Å². The second-order valence-electron chi connectivity index (χ2n) is 6.03. The van der Waals surface area contributed by atoms with Crippen molar-refractivity contribution in [3.05, 3.63) is 34.5 Å². The maximum atomic E-state index is 12.3. The number of likely N-dealkylation sites (tertiary alicyclic amines) is 1. The molecule has 1 unspecified atom stereocenters. The zero-order chi connectivity index (χ0) is 16.1. The van der Waals surface area contributed by atoms with Gasteiger partial charge < -0.3 is 5.32 Å². The Kier molecular flexibility index (Phi) is 5.40. The highest BCUT2D eigenvalue weighted by Gasteiger charge is 2.24. The van der Waals surface area contributed by atoms with Crippen LogP contribution in [-0.2, 0) is 17.9 Å². The Hall–Kier alpha value is -1.73. The van der Waals surface area contributed by atoms with Crippen LogP contribution in [0.25, 0.3) is 0 Å². The standard InChI is InChI=1S/C16H23N5OS/c1-13-5-6-15(23-13)8-18-16(22)10-20-7-3-2-4-14(20)9-21-12-17-11-19-21/h5-6,11-12,14H,2-4,7-10H2,1H3,(H,18,22). The molecule has 124 valence electrons. The summed E-state index contributed by atoms with van der Waals surface area (Å²) >= 11 is 1.73. The maximum absolute atomic E-state index is 12.3. The molecule has 1 amide bonds. The minimum Gasteiger partial charge on any atom is -0.350 e. The fourth-order valence-electron chi connectivity index (χ4n) is 3.02. The second-order valence-corrected chi connectivity index (χ2v) is 7.40. The van der Waals surface area contributed by atoms with Crippen LogP contribution in [0.5, 0.6) is 0 Å². The number of carbonyl (C=O) groups is 1. The van der Waals surface area contributed by atoms with E-state index in [1.54, 1.807) is 24.0 Å². The van der Waals surface area contributed by atoms with Crippen LogP contribution in [0.1, 0.15) is 29.0 Å². The molecule has 0 aliphatic carbocycles. The van der Waals surface area contributed by atoms with Crippen LogP contribution in [0.4, 0.5) is 0 Å². The SMILES string of the molecule is Cc1ccc(CNC(=O)CN2CCCCC2Cn2cncn2)s1. The fraction of sp³-hybridized carbons (Fsp3) is 0.562. The van der Waals surface area contributed by atoms with Crippen molar-refractivity contribution < 1.29 is 4.79 Å². The molecule has 0 saturated carbocycles. The van der Waals surface area contributed by atoms with Crippen LogP contribution in [0.15, 0.2) is 24.8 Å². The predicted molar refractivity (Wildman–Crippen MR) is 90.1 cm³/mol. The molecule has 7 heteroatoms. The molecule has 0 aromatic carbocycles. The molecule has 3 heterocycles. The summed E-state index contributed by atoms with van der Waals surface area (Å²) in [5.41, 5.74) is 0. The van der Waals surface area contributed by atoms with E-state index in [4.69, 9.17) is 0 Å². The zero-order valence-electron chi connectivity index (χ0n) is 13.4. The highest BCUT2D eigenvalue weighted by molar-refractivity contribution is 7.11. The van der Waals surface area contributed by atoms with Gasteiger partial charge in [-0.05, 0) is 38.4 Å². The average molecular weight is 333 g/mol. The van der Waals surface area contributed by atoms with Crippen molar-refractivity contribution in [3.8, 4) is 0 Å². The number of nitrogens with one attached hydrogen (secondary N) is 1. The minimum atomic E-state index is 0.0987. The van der Waals surface area contributed by atoms with Gasteiger partial charge >= 0.3 is 0 Å². The van der Waals surface area contributed by atoms with Crippen molar-refractivity contribution in [1.29, 1.82) is 0 Å². The monoisotopic (exact) mass is 333 g/mol. The first kappa shape index (κ1) is 16.1. The Balaban J connectivity index is 1.50. The van der Waals surface area contributed by atoms with Gasteiger partial charge in [-0.3, -0.25) is 14.4 Å². The van der Waals surface area contributed by atoms with Crippen molar-refractivity contribution >= 4 is 17.2 Å². The molecule has 1 aliphatic rings. The molecule has 0 spiro atoms. The number of aromatic nitrogens is 3. The van der Waals surface area contributed by atoms with Gasteiger partial charge in [0.15, 0.2) is 0 Å². The molecule has 2 aromatic heterocycles. The van der Waals surface area contributed by atoms with Crippen LogP contribution >= 0.6 is 11.3 Å². The summed E-state index contributed by atoms with van der Waals surface area (Å²) in [5, 5.41) is 7.22. The molecule has 1 aliphatic heterocycles. The Bertz CT molecular complexity index is 624. The van der Waals surface area contributed by atoms with Crippen molar-refractivity contribution in [1.82, 2.24) is 25.0 Å². The van der Waals surface area contributed by atoms with Crippen molar-refractivity contribution in [2.24, 2.45) is 0 Å². The fourth-order valence-corrected chi connectivity index (χ4v) is 3.85. The number of carbonyl (C=O) groups excluding carboxylic acids is 1. The van der Waals surface area contributed by atoms with Crippen LogP contribution in [0.3, 0.4) is 0 Å². The largest absolute Gasteiger partial charge is 0.350 e. The Labute approximate surface area is 140 Å². The summed E-state index contributed by atoms with van der Waals surface area (Å²) in [6.45, 7) is 4.95. The number of hydrogen-bond donors (Lipinski definition) is 1. The molecule has 0 bridgehead atoms. The van der Waals surface area contributed by atoms with Gasteiger partial charge in [-0.2, -0.15) is 5.10 Å². The smallest absolute Gasteiger partial charge is 0.234 e. The average Bonchev–Trinajstić information content (AvgIpc) is 3.19. The first-order valence-electron chi connectivity index (χ1n) is 8.09. The lowest BCUT2D eigenvalue weighted by Crippen LogP contribution is -2.47. The maximum Gasteiger partial charge on any atom is 0.234 e. The van der Waals surface area contributed by atoms with Gasteiger partial charge in [0.05, 0.1) is 19.6 Å². The summed E-state index contributed by atoms with van der Waals surface area (Å²) in [7, 11) is 0. The highest BCUT2D eigenvalue weighted by atomic mass is 32.1. The molecular formula is C16H23N5OS. The molecule has 1 N–H and O–H groups in total. The van der Waals surface area contributed by atoms with E-state index in [1.165, 1.54) is 16.2 Å². The molecule has 1 saturated heterocycles. The highest BCUT2D eigenvalue weighted by Crippen LogP contribution is 2.18. The van der Waals surface area contributed by atoms with Gasteiger partial charge in [-0.15, -0.1) is 11.3 Å². The van der Waals surface area contributed by atoms with E-state index < -0.39 is 0 Å². The lowest BCUT2D eigenvalue weighted by Gasteiger charge is -2.34. The number of amides is 1. The predicted octanol–water partition coefficient (Wildman–Crippen LogP) is 1.82. The number of piperidine rings is 1. The van der Waals surface area contributed by atoms with Gasteiger partial charge in [-0.25, -0.2) is 4.98 Å². The molecule has 23 heavy (non-hydrogen) atoms. The Morgan fingerprint density at radius 1 is 1.43 bits per heavy atom. The van der Waals surface area contributed by atoms with Crippen molar-refractivity contribution in [2.45, 2.75) is 45.3 Å². The third kappa shape index (κ3) is 4.62. The summed E-state index contributed by atoms with van der Waals surface area (Å²) in [4.78, 5) is 21.0. The van der Waals surface area contributed by atoms with Gasteiger partial charge in [0.25, 0.3) is 0 Å². The number of aryl methyl sites for hydroxylation is 1. The molecule has 0 radical (unpaired) electrons. The third-order valence-electron chi connectivity index (χ3n) is 4.22. The summed E-state index contributed by atoms with van der Waals surface area (Å²) in [6.07, 6.45) is 6.78. The topological polar surface area (TPSA) is 63.1 Å². The first-order valence-corrected chi connectivity index (χ1v) is 8.91. The number of nitrogens with zero attached hydrogens (tertiary/aromatic N) is 4. The normalized spacial score (nSPS) is 18.9. The molecular weight excluding hydrogens is 310 g/mol. The Morgan fingerprint density at radius 3 is 3.09 bits per heavy atom. The quantitative estimate of drug-likeness (QED) is 0.876. The lowest BCUT2D eigenvalue weighted by atomic mass is 10.0. The lowest BCUT2D eigenvalue weighted by molar-refractivity contribution is -0.123. The molecule has 6 nitrogen and oxygen atoms in total. The summed E-state index contributed by atoms with van der Waals surface area (Å²) < 4.78 is 1.86. The van der Waals surface area contributed by atoms with E-state index in [9.17, 15) is 4.79 Å². The number of rotatable bonds is 6. The van der Waals surface area contributed by atoms with E-state index in [0.29, 0.717) is 19.1 Å². The van der Waals surface area contributed by atoms with Crippen molar-refractivity contribution in [3.63, 3.8) is 0 Å². The van der Waals surface area contributed by atoms with Crippen LogP contribution < -0.4 is 5.32 Å². The van der Waals surface area contributed by atoms with E-state index in [2.05, 4.69) is 39.4 Å². The van der Waals surface area contributed by atoms with E-state index in [1.807, 2.05) is 4.68 Å². The van der Waals surface area contributed by atoms with Crippen LogP contribution in [0, 0.1) is 6.92 Å². The Morgan fingerprint density at radius 2 is 2.35 bits per heavy atom. The molecule has 1 fully saturated rings. The number of thiophene rings is 1. The van der Waals surface area contributed by atoms with E-state index in [-0.39, 0.29) is 5.91 Å². The summed E-state index contributed by atoms with van der Waals surface area (Å²) in [6, 6.07) is 4.53. The molecule has 2 aromatic rings. The van der Waals surface area contributed by atoms with E-state index in [0.717, 1.165) is 25.9 Å². The van der Waals surface area contributed by atoms with E-state index >= 15 is 0 Å². The zero-order valence-corrected chi connectivity index (χ0v) is 14.3. The van der Waals surface area contributed by atoms with Crippen LogP contribution in [-0.4, -0.2) is 44.7 Å². The minimum absolute atomic E-state index is 0.0987. The first-order chi connectivity index (χ1) is 11.2. The van der Waals surface area contributed by atoms with Crippen LogP contribution in [0.2, 0.25) is 0 Å². The number of hydrogen-bond acceptors (Lipinski definition) is 5. The van der Waals surface area contributed by atoms with Crippen molar-refractivity contribution in [2.75, 3.05) is 13.1 Å². The van der Waals surface area contributed by atoms with Gasteiger partial charge in [-0.1, -0.05) is 6.42 Å². The molecule has 1 atom stereocenters. The van der Waals surface area contributed by atoms with Gasteiger partial charge in [0.1, 0.15) is 12.7 Å². The van der Waals surface area contributed by atoms with Gasteiger partial charge in [0.2, 0.25) is 5.91 Å². The third-order valence-corrected chi connectivity index (χ3v) is 5.22.